The van der Waals surface area contributed by atoms with Gasteiger partial charge in [0, 0.05) is 23.9 Å². The fourth-order valence-electron chi connectivity index (χ4n) is 3.34. The zero-order valence-corrected chi connectivity index (χ0v) is 16.6. The minimum Gasteiger partial charge on any atom is -0.448 e. The van der Waals surface area contributed by atoms with Crippen molar-refractivity contribution >= 4 is 46.4 Å². The fourth-order valence-corrected chi connectivity index (χ4v) is 4.50. The van der Waals surface area contributed by atoms with E-state index in [1.54, 1.807) is 12.1 Å². The zero-order chi connectivity index (χ0) is 17.9. The van der Waals surface area contributed by atoms with Crippen LogP contribution in [0.3, 0.4) is 0 Å². The van der Waals surface area contributed by atoms with Gasteiger partial charge in [0.1, 0.15) is 23.6 Å². The SMILES string of the molecule is Cc1c(Cl)oc2c1-c1nc(C)n(-c3c(Cl)cc(Cl)cc3Cl)[n+]1CCC2. The molecule has 0 bridgehead atoms. The first kappa shape index (κ1) is 17.2. The maximum atomic E-state index is 6.45. The molecule has 1 aliphatic heterocycles. The summed E-state index contributed by atoms with van der Waals surface area (Å²) in [5, 5.41) is 1.85. The van der Waals surface area contributed by atoms with E-state index in [1.165, 1.54) is 0 Å². The molecule has 0 amide bonds. The molecule has 0 radical (unpaired) electrons. The van der Waals surface area contributed by atoms with Crippen LogP contribution in [-0.4, -0.2) is 9.67 Å². The van der Waals surface area contributed by atoms with Crippen molar-refractivity contribution < 1.29 is 9.10 Å². The normalized spacial score (nSPS) is 13.5. The van der Waals surface area contributed by atoms with Crippen LogP contribution in [0.2, 0.25) is 20.3 Å². The van der Waals surface area contributed by atoms with Crippen LogP contribution in [0, 0.1) is 13.8 Å². The second-order valence-corrected chi connectivity index (χ2v) is 7.63. The highest BCUT2D eigenvalue weighted by molar-refractivity contribution is 6.40. The molecule has 0 fully saturated rings. The van der Waals surface area contributed by atoms with Gasteiger partial charge in [-0.15, -0.1) is 9.36 Å². The van der Waals surface area contributed by atoms with Crippen LogP contribution in [0.15, 0.2) is 16.5 Å². The van der Waals surface area contributed by atoms with E-state index in [0.29, 0.717) is 26.0 Å². The van der Waals surface area contributed by atoms with E-state index < -0.39 is 0 Å². The first-order chi connectivity index (χ1) is 11.9. The first-order valence-corrected chi connectivity index (χ1v) is 9.32. The minimum atomic E-state index is 0.410. The van der Waals surface area contributed by atoms with E-state index in [1.807, 2.05) is 18.5 Å². The highest BCUT2D eigenvalue weighted by atomic mass is 35.5. The van der Waals surface area contributed by atoms with Gasteiger partial charge >= 0.3 is 5.82 Å². The summed E-state index contributed by atoms with van der Waals surface area (Å²) >= 11 is 25.2. The Bertz CT molecular complexity index is 983. The molecule has 3 heterocycles. The first-order valence-electron chi connectivity index (χ1n) is 7.81. The lowest BCUT2D eigenvalue weighted by Gasteiger charge is -2.10. The lowest BCUT2D eigenvalue weighted by molar-refractivity contribution is -0.757. The molecular formula is C17H14Cl4N3O+. The van der Waals surface area contributed by atoms with E-state index in [4.69, 9.17) is 55.8 Å². The Kier molecular flexibility index (Phi) is 4.27. The van der Waals surface area contributed by atoms with Gasteiger partial charge in [-0.05, 0) is 42.1 Å². The van der Waals surface area contributed by atoms with Gasteiger partial charge in [0.15, 0.2) is 5.22 Å². The molecule has 0 spiro atoms. The second-order valence-electron chi connectivity index (χ2n) is 6.04. The van der Waals surface area contributed by atoms with Crippen molar-refractivity contribution in [2.75, 3.05) is 0 Å². The number of rotatable bonds is 1. The quantitative estimate of drug-likeness (QED) is 0.483. The Balaban J connectivity index is 2.03. The van der Waals surface area contributed by atoms with Crippen molar-refractivity contribution in [1.29, 1.82) is 0 Å². The maximum absolute atomic E-state index is 6.45. The summed E-state index contributed by atoms with van der Waals surface area (Å²) in [6, 6.07) is 3.36. The topological polar surface area (TPSA) is 34.8 Å². The molecule has 1 aliphatic rings. The summed E-state index contributed by atoms with van der Waals surface area (Å²) < 4.78 is 9.73. The van der Waals surface area contributed by atoms with Gasteiger partial charge in [0.2, 0.25) is 0 Å². The Morgan fingerprint density at radius 2 is 1.80 bits per heavy atom. The van der Waals surface area contributed by atoms with Gasteiger partial charge in [-0.25, -0.2) is 0 Å². The zero-order valence-electron chi connectivity index (χ0n) is 13.5. The number of aryl methyl sites for hydroxylation is 2. The lowest BCUT2D eigenvalue weighted by Crippen LogP contribution is -2.44. The molecule has 8 heteroatoms. The van der Waals surface area contributed by atoms with E-state index >= 15 is 0 Å². The second kappa shape index (κ2) is 6.20. The van der Waals surface area contributed by atoms with Crippen molar-refractivity contribution in [3.8, 4) is 17.1 Å². The highest BCUT2D eigenvalue weighted by Gasteiger charge is 2.35. The van der Waals surface area contributed by atoms with Crippen LogP contribution in [0.25, 0.3) is 17.1 Å². The number of nitrogens with zero attached hydrogens (tertiary/aromatic N) is 3. The Hall–Kier alpha value is -1.20. The predicted molar refractivity (Wildman–Crippen MR) is 99.3 cm³/mol. The lowest BCUT2D eigenvalue weighted by atomic mass is 10.1. The van der Waals surface area contributed by atoms with Crippen LogP contribution in [0.4, 0.5) is 0 Å². The van der Waals surface area contributed by atoms with Crippen LogP contribution < -0.4 is 4.68 Å². The highest BCUT2D eigenvalue weighted by Crippen LogP contribution is 2.37. The summed E-state index contributed by atoms with van der Waals surface area (Å²) in [7, 11) is 0. The van der Waals surface area contributed by atoms with Crippen molar-refractivity contribution in [1.82, 2.24) is 9.67 Å². The van der Waals surface area contributed by atoms with Gasteiger partial charge in [-0.2, -0.15) is 0 Å². The molecule has 0 unspecified atom stereocenters. The van der Waals surface area contributed by atoms with Crippen LogP contribution in [0.5, 0.6) is 0 Å². The molecule has 4 rings (SSSR count). The number of fused-ring (bicyclic) bond motifs is 3. The Labute approximate surface area is 164 Å². The molecule has 1 aromatic carbocycles. The number of halogens is 4. The van der Waals surface area contributed by atoms with Gasteiger partial charge in [-0.1, -0.05) is 34.8 Å². The molecule has 0 aliphatic carbocycles. The minimum absolute atomic E-state index is 0.410. The summed E-state index contributed by atoms with van der Waals surface area (Å²) in [5.74, 6) is 2.44. The van der Waals surface area contributed by atoms with Crippen LogP contribution >= 0.6 is 46.4 Å². The predicted octanol–water partition coefficient (Wildman–Crippen LogP) is 5.60. The number of hydrogen-bond acceptors (Lipinski definition) is 2. The summed E-state index contributed by atoms with van der Waals surface area (Å²) in [6.45, 7) is 4.61. The average Bonchev–Trinajstić information content (AvgIpc) is 2.90. The van der Waals surface area contributed by atoms with Crippen LogP contribution in [0.1, 0.15) is 23.6 Å². The summed E-state index contributed by atoms with van der Waals surface area (Å²) in [4.78, 5) is 4.76. The molecule has 0 atom stereocenters. The van der Waals surface area contributed by atoms with Crippen molar-refractivity contribution in [3.63, 3.8) is 0 Å². The molecule has 25 heavy (non-hydrogen) atoms. The van der Waals surface area contributed by atoms with E-state index in [0.717, 1.165) is 47.9 Å². The summed E-state index contributed by atoms with van der Waals surface area (Å²) in [6.07, 6.45) is 1.69. The number of furan rings is 1. The standard InChI is InChI=1S/C17H14Cl4N3O/c1-8-14-13(25-16(8)21)4-3-5-23-17(14)22-9(2)24(23)15-11(19)6-10(18)7-12(15)20/h6-7H,3-5H2,1-2H3/q+1. The van der Waals surface area contributed by atoms with Crippen molar-refractivity contribution in [2.45, 2.75) is 33.2 Å². The Morgan fingerprint density at radius 1 is 1.12 bits per heavy atom. The van der Waals surface area contributed by atoms with Gasteiger partial charge in [0.25, 0.3) is 5.82 Å². The largest absolute Gasteiger partial charge is 0.448 e. The van der Waals surface area contributed by atoms with E-state index in [2.05, 4.69) is 4.68 Å². The van der Waals surface area contributed by atoms with Gasteiger partial charge in [-0.3, -0.25) is 0 Å². The van der Waals surface area contributed by atoms with E-state index in [-0.39, 0.29) is 0 Å². The molecule has 0 N–H and O–H groups in total. The van der Waals surface area contributed by atoms with Crippen LogP contribution in [-0.2, 0) is 13.0 Å². The maximum Gasteiger partial charge on any atom is 0.355 e. The Morgan fingerprint density at radius 3 is 2.48 bits per heavy atom. The third-order valence-corrected chi connectivity index (χ3v) is 5.57. The van der Waals surface area contributed by atoms with Gasteiger partial charge < -0.3 is 4.42 Å². The molecule has 2 aromatic heterocycles. The molecule has 4 nitrogen and oxygen atoms in total. The van der Waals surface area contributed by atoms with Crippen molar-refractivity contribution in [2.24, 2.45) is 0 Å². The number of hydrogen-bond donors (Lipinski definition) is 0. The van der Waals surface area contributed by atoms with Crippen molar-refractivity contribution in [3.05, 3.63) is 49.6 Å². The number of benzene rings is 1. The molecule has 0 saturated carbocycles. The molecule has 3 aromatic rings. The molecular weight excluding hydrogens is 404 g/mol. The third kappa shape index (κ3) is 2.67. The smallest absolute Gasteiger partial charge is 0.355 e. The third-order valence-electron chi connectivity index (χ3n) is 4.41. The van der Waals surface area contributed by atoms with E-state index in [9.17, 15) is 0 Å². The monoisotopic (exact) mass is 416 g/mol. The number of aromatic nitrogens is 3. The van der Waals surface area contributed by atoms with Gasteiger partial charge in [0.05, 0.1) is 10.0 Å². The fraction of sp³-hybridized carbons (Fsp3) is 0.294. The molecule has 0 saturated heterocycles. The summed E-state index contributed by atoms with van der Waals surface area (Å²) in [5.41, 5.74) is 2.51. The average molecular weight is 418 g/mol. The molecule has 130 valence electrons.